The average molecular weight is 517 g/mol. The lowest BCUT2D eigenvalue weighted by molar-refractivity contribution is -0.894. The Kier molecular flexibility index (Phi) is 11.4. The quantitative estimate of drug-likeness (QED) is 0.0797. The Morgan fingerprint density at radius 2 is 1.78 bits per heavy atom. The minimum atomic E-state index is -1.37. The number of nitrogens with one attached hydrogen (secondary N) is 2. The molecule has 1 aromatic carbocycles. The van der Waals surface area contributed by atoms with E-state index < -0.39 is 29.2 Å². The van der Waals surface area contributed by atoms with Gasteiger partial charge in [0.05, 0.1) is 39.1 Å². The largest absolute Gasteiger partial charge is 0.326 e. The molecule has 1 saturated heterocycles. The minimum absolute atomic E-state index is 0.0495. The molecule has 1 unspecified atom stereocenters. The van der Waals surface area contributed by atoms with Crippen molar-refractivity contribution in [1.82, 2.24) is 15.8 Å². The van der Waals surface area contributed by atoms with Gasteiger partial charge in [0, 0.05) is 13.1 Å². The number of carbonyl (C=O) groups excluding carboxylic acids is 3. The van der Waals surface area contributed by atoms with E-state index >= 15 is 0 Å². The molecule has 206 valence electrons. The highest BCUT2D eigenvalue weighted by molar-refractivity contribution is 6.09. The van der Waals surface area contributed by atoms with E-state index in [1.165, 1.54) is 0 Å². The average Bonchev–Trinajstić information content (AvgIpc) is 2.87. The van der Waals surface area contributed by atoms with Crippen LogP contribution in [0.25, 0.3) is 6.08 Å². The van der Waals surface area contributed by atoms with Crippen molar-refractivity contribution < 1.29 is 24.1 Å². The summed E-state index contributed by atoms with van der Waals surface area (Å²) in [6, 6.07) is 8.78. The summed E-state index contributed by atoms with van der Waals surface area (Å²) in [4.78, 5) is 43.0. The highest BCUT2D eigenvalue weighted by Gasteiger charge is 2.52. The van der Waals surface area contributed by atoms with Crippen LogP contribution < -0.4 is 16.7 Å². The number of likely N-dealkylation sites (N-methyl/N-ethyl adjacent to an activating group) is 1. The van der Waals surface area contributed by atoms with Gasteiger partial charge in [0.25, 0.3) is 0 Å². The van der Waals surface area contributed by atoms with Crippen LogP contribution in [0, 0.1) is 17.3 Å². The monoisotopic (exact) mass is 516 g/mol. The van der Waals surface area contributed by atoms with E-state index in [0.29, 0.717) is 32.4 Å². The lowest BCUT2D eigenvalue weighted by Gasteiger charge is -2.45. The van der Waals surface area contributed by atoms with Gasteiger partial charge in [0.2, 0.25) is 11.8 Å². The maximum Gasteiger partial charge on any atom is 0.248 e. The summed E-state index contributed by atoms with van der Waals surface area (Å²) in [7, 11) is 4.27. The first kappa shape index (κ1) is 30.6. The molecule has 0 bridgehead atoms. The second-order valence-electron chi connectivity index (χ2n) is 11.3. The minimum Gasteiger partial charge on any atom is -0.326 e. The van der Waals surface area contributed by atoms with Gasteiger partial charge in [-0.15, -0.1) is 0 Å². The summed E-state index contributed by atoms with van der Waals surface area (Å²) < 4.78 is 0.803. The van der Waals surface area contributed by atoms with Crippen molar-refractivity contribution in [2.75, 3.05) is 40.3 Å². The summed E-state index contributed by atoms with van der Waals surface area (Å²) in [6.45, 7) is 8.65. The SMILES string of the molecule is CCCC(CC(C)C)(C(=O)NN)C(=O)[C@@H]([C@H](C/C=C/c1ccccc1)C(=O)NO)N1CC[N+](C)(C)CC1. The maximum absolute atomic E-state index is 14.6. The molecule has 0 spiro atoms. The number of hydrazine groups is 1. The van der Waals surface area contributed by atoms with Gasteiger partial charge in [-0.2, -0.15) is 0 Å². The van der Waals surface area contributed by atoms with Crippen molar-refractivity contribution in [2.45, 2.75) is 52.5 Å². The Bertz CT molecular complexity index is 924. The zero-order valence-corrected chi connectivity index (χ0v) is 23.1. The van der Waals surface area contributed by atoms with E-state index in [4.69, 9.17) is 5.84 Å². The molecule has 37 heavy (non-hydrogen) atoms. The van der Waals surface area contributed by atoms with Gasteiger partial charge in [0.1, 0.15) is 5.41 Å². The smallest absolute Gasteiger partial charge is 0.248 e. The first-order chi connectivity index (χ1) is 17.5. The van der Waals surface area contributed by atoms with Crippen molar-refractivity contribution >= 4 is 23.7 Å². The van der Waals surface area contributed by atoms with Gasteiger partial charge in [0.15, 0.2) is 5.78 Å². The highest BCUT2D eigenvalue weighted by atomic mass is 16.5. The van der Waals surface area contributed by atoms with Gasteiger partial charge in [-0.3, -0.25) is 29.9 Å². The molecular weight excluding hydrogens is 470 g/mol. The topological polar surface area (TPSA) is 125 Å². The predicted molar refractivity (Wildman–Crippen MR) is 145 cm³/mol. The Hall–Kier alpha value is -2.59. The molecular formula is C28H46N5O4+. The summed E-state index contributed by atoms with van der Waals surface area (Å²) in [5.74, 6) is 3.32. The standard InChI is InChI=1S/C28H45N5O4/c1-6-15-28(20-21(2)3,27(36)30-29)25(34)24(32-16-18-33(4,5)19-17-32)23(26(35)31-37)14-10-13-22-11-8-7-9-12-22/h7-13,21,23-24H,6,14-20,29H2,1-5H3,(H2-,30,31,35,36,37)/p+1/b13-10+/t23-,24+,28?/m0/s1. The van der Waals surface area contributed by atoms with Crippen LogP contribution in [0.2, 0.25) is 0 Å². The number of hydrogen-bond donors (Lipinski definition) is 4. The number of piperazine rings is 1. The second-order valence-corrected chi connectivity index (χ2v) is 11.3. The van der Waals surface area contributed by atoms with Crippen LogP contribution in [-0.4, -0.2) is 78.5 Å². The molecule has 0 saturated carbocycles. The zero-order valence-electron chi connectivity index (χ0n) is 23.1. The van der Waals surface area contributed by atoms with Crippen LogP contribution >= 0.6 is 0 Å². The van der Waals surface area contributed by atoms with Gasteiger partial charge in [-0.1, -0.05) is 69.7 Å². The number of carbonyl (C=O) groups is 3. The van der Waals surface area contributed by atoms with E-state index in [2.05, 4.69) is 19.5 Å². The van der Waals surface area contributed by atoms with Crippen LogP contribution in [0.4, 0.5) is 0 Å². The van der Waals surface area contributed by atoms with Crippen LogP contribution in [0.15, 0.2) is 36.4 Å². The normalized spacial score (nSPS) is 19.2. The fourth-order valence-electron chi connectivity index (χ4n) is 5.47. The van der Waals surface area contributed by atoms with Crippen LogP contribution in [0.3, 0.4) is 0 Å². The Morgan fingerprint density at radius 3 is 2.30 bits per heavy atom. The van der Waals surface area contributed by atoms with E-state index in [-0.39, 0.29) is 18.1 Å². The molecule has 9 heteroatoms. The Morgan fingerprint density at radius 1 is 1.16 bits per heavy atom. The molecule has 1 heterocycles. The number of benzene rings is 1. The molecule has 1 fully saturated rings. The maximum atomic E-state index is 14.6. The van der Waals surface area contributed by atoms with Gasteiger partial charge < -0.3 is 4.48 Å². The number of quaternary nitrogens is 1. The van der Waals surface area contributed by atoms with E-state index in [0.717, 1.165) is 23.1 Å². The molecule has 0 radical (unpaired) electrons. The third-order valence-corrected chi connectivity index (χ3v) is 7.45. The van der Waals surface area contributed by atoms with Gasteiger partial charge >= 0.3 is 0 Å². The first-order valence-corrected chi connectivity index (χ1v) is 13.3. The van der Waals surface area contributed by atoms with Crippen molar-refractivity contribution in [3.8, 4) is 0 Å². The number of nitrogens with two attached hydrogens (primary N) is 1. The van der Waals surface area contributed by atoms with Crippen LogP contribution in [0.1, 0.15) is 52.0 Å². The summed E-state index contributed by atoms with van der Waals surface area (Å²) in [5.41, 5.74) is 3.63. The number of amides is 2. The van der Waals surface area contributed by atoms with Crippen LogP contribution in [-0.2, 0) is 14.4 Å². The van der Waals surface area contributed by atoms with Crippen molar-refractivity contribution in [2.24, 2.45) is 23.1 Å². The number of hydroxylamine groups is 1. The lowest BCUT2D eigenvalue weighted by atomic mass is 9.68. The van der Waals surface area contributed by atoms with Gasteiger partial charge in [-0.25, -0.2) is 11.3 Å². The molecule has 1 aliphatic rings. The molecule has 2 rings (SSSR count). The van der Waals surface area contributed by atoms with Gasteiger partial charge in [-0.05, 0) is 30.7 Å². The van der Waals surface area contributed by atoms with E-state index in [9.17, 15) is 19.6 Å². The van der Waals surface area contributed by atoms with Crippen molar-refractivity contribution in [3.63, 3.8) is 0 Å². The zero-order chi connectivity index (χ0) is 27.6. The molecule has 2 amide bonds. The number of ketones is 1. The molecule has 1 aliphatic heterocycles. The number of rotatable bonds is 13. The molecule has 0 aliphatic carbocycles. The molecule has 9 nitrogen and oxygen atoms in total. The first-order valence-electron chi connectivity index (χ1n) is 13.3. The highest BCUT2D eigenvalue weighted by Crippen LogP contribution is 2.38. The Balaban J connectivity index is 2.58. The Labute approximate surface area is 221 Å². The molecule has 0 aromatic heterocycles. The summed E-state index contributed by atoms with van der Waals surface area (Å²) >= 11 is 0. The molecule has 1 aromatic rings. The van der Waals surface area contributed by atoms with E-state index in [1.54, 1.807) is 5.48 Å². The molecule has 5 N–H and O–H groups in total. The summed E-state index contributed by atoms with van der Waals surface area (Å²) in [5, 5.41) is 9.68. The fourth-order valence-corrected chi connectivity index (χ4v) is 5.47. The molecule has 3 atom stereocenters. The third kappa shape index (κ3) is 7.95. The third-order valence-electron chi connectivity index (χ3n) is 7.45. The number of allylic oxidation sites excluding steroid dienone is 1. The summed E-state index contributed by atoms with van der Waals surface area (Å²) in [6.07, 6.45) is 5.23. The van der Waals surface area contributed by atoms with Crippen molar-refractivity contribution in [3.05, 3.63) is 42.0 Å². The van der Waals surface area contributed by atoms with E-state index in [1.807, 2.05) is 68.2 Å². The lowest BCUT2D eigenvalue weighted by Crippen LogP contribution is -2.64. The van der Waals surface area contributed by atoms with Crippen molar-refractivity contribution in [1.29, 1.82) is 0 Å². The number of hydrogen-bond acceptors (Lipinski definition) is 6. The second kappa shape index (κ2) is 13.8. The van der Waals surface area contributed by atoms with Crippen LogP contribution in [0.5, 0.6) is 0 Å². The number of Topliss-reactive ketones (excluding diaryl/α,β-unsaturated/α-hetero) is 1. The fraction of sp³-hybridized carbons (Fsp3) is 0.607. The predicted octanol–water partition coefficient (Wildman–Crippen LogP) is 2.36. The number of nitrogens with zero attached hydrogens (tertiary/aromatic N) is 2.